The first-order chi connectivity index (χ1) is 17.7. The van der Waals surface area contributed by atoms with Gasteiger partial charge in [0, 0.05) is 47.1 Å². The summed E-state index contributed by atoms with van der Waals surface area (Å²) in [6, 6.07) is 7.87. The third-order valence-corrected chi connectivity index (χ3v) is 6.29. The van der Waals surface area contributed by atoms with Crippen molar-refractivity contribution in [1.82, 2.24) is 29.9 Å². The molecule has 0 saturated heterocycles. The number of aryl methyl sites for hydroxylation is 1. The molecule has 0 unspecified atom stereocenters. The second-order valence-electron chi connectivity index (χ2n) is 9.55. The average Bonchev–Trinajstić information content (AvgIpc) is 3.58. The van der Waals surface area contributed by atoms with Gasteiger partial charge in [0.15, 0.2) is 16.7 Å². The number of nitrogens with two attached hydrogens (primary N) is 1. The molecule has 0 aliphatic rings. The van der Waals surface area contributed by atoms with Crippen molar-refractivity contribution < 1.29 is 14.3 Å². The van der Waals surface area contributed by atoms with Gasteiger partial charge in [-0.05, 0) is 39.3 Å². The molecule has 4 N–H and O–H groups in total. The van der Waals surface area contributed by atoms with E-state index < -0.39 is 11.7 Å². The minimum Gasteiger partial charge on any atom is -0.444 e. The van der Waals surface area contributed by atoms with Gasteiger partial charge in [0.1, 0.15) is 16.8 Å². The van der Waals surface area contributed by atoms with E-state index in [0.29, 0.717) is 35.1 Å². The molecule has 12 heteroatoms. The lowest BCUT2D eigenvalue weighted by molar-refractivity contribution is 0.0635. The van der Waals surface area contributed by atoms with Crippen LogP contribution in [0.1, 0.15) is 44.1 Å². The maximum absolute atomic E-state index is 12.6. The van der Waals surface area contributed by atoms with E-state index in [2.05, 4.69) is 30.6 Å². The lowest BCUT2D eigenvalue weighted by Crippen LogP contribution is -2.27. The zero-order valence-corrected chi connectivity index (χ0v) is 21.4. The number of rotatable bonds is 7. The van der Waals surface area contributed by atoms with Crippen molar-refractivity contribution in [2.45, 2.75) is 45.8 Å². The number of carbonyl (C=O) groups excluding carboxylic acids is 2. The fourth-order valence-corrected chi connectivity index (χ4v) is 4.62. The van der Waals surface area contributed by atoms with Crippen molar-refractivity contribution in [3.05, 3.63) is 47.7 Å². The Balaban J connectivity index is 1.24. The molecule has 0 spiro atoms. The number of nitrogens with zero attached hydrogens (tertiary/aromatic N) is 5. The van der Waals surface area contributed by atoms with E-state index in [1.165, 1.54) is 11.3 Å². The summed E-state index contributed by atoms with van der Waals surface area (Å²) in [7, 11) is 0. The van der Waals surface area contributed by atoms with E-state index in [-0.39, 0.29) is 12.2 Å². The van der Waals surface area contributed by atoms with Gasteiger partial charge < -0.3 is 10.5 Å². The molecule has 11 nitrogen and oxygen atoms in total. The van der Waals surface area contributed by atoms with Crippen LogP contribution in [0, 0.1) is 0 Å². The van der Waals surface area contributed by atoms with E-state index in [4.69, 9.17) is 10.5 Å². The second-order valence-corrected chi connectivity index (χ2v) is 10.4. The molecule has 0 radical (unpaired) electrons. The molecule has 0 fully saturated rings. The Morgan fingerprint density at radius 3 is 2.78 bits per heavy atom. The summed E-state index contributed by atoms with van der Waals surface area (Å²) in [6.07, 6.45) is 3.88. The highest BCUT2D eigenvalue weighted by Crippen LogP contribution is 2.30. The van der Waals surface area contributed by atoms with Crippen LogP contribution in [-0.2, 0) is 11.3 Å². The number of hydrogen-bond acceptors (Lipinski definition) is 9. The third kappa shape index (κ3) is 5.43. The maximum atomic E-state index is 12.6. The maximum Gasteiger partial charge on any atom is 0.413 e. The van der Waals surface area contributed by atoms with E-state index in [1.807, 2.05) is 30.5 Å². The van der Waals surface area contributed by atoms with Gasteiger partial charge in [0.2, 0.25) is 0 Å². The van der Waals surface area contributed by atoms with Gasteiger partial charge in [-0.15, -0.1) is 11.3 Å². The molecule has 0 bridgehead atoms. The van der Waals surface area contributed by atoms with Crippen molar-refractivity contribution in [3.63, 3.8) is 0 Å². The van der Waals surface area contributed by atoms with E-state index in [0.717, 1.165) is 27.5 Å². The van der Waals surface area contributed by atoms with Crippen molar-refractivity contribution >= 4 is 56.0 Å². The van der Waals surface area contributed by atoms with Gasteiger partial charge in [0.25, 0.3) is 0 Å². The fraction of sp³-hybridized carbons (Fsp3) is 0.280. The Hall–Kier alpha value is -4.32. The highest BCUT2D eigenvalue weighted by Gasteiger charge is 2.18. The summed E-state index contributed by atoms with van der Waals surface area (Å²) in [5.41, 5.74) is 9.18. The number of fused-ring (bicyclic) bond motifs is 3. The lowest BCUT2D eigenvalue weighted by Gasteiger charge is -2.18. The van der Waals surface area contributed by atoms with Gasteiger partial charge >= 0.3 is 6.09 Å². The molecule has 4 heterocycles. The van der Waals surface area contributed by atoms with Crippen LogP contribution in [0.5, 0.6) is 0 Å². The van der Waals surface area contributed by atoms with Crippen molar-refractivity contribution in [2.75, 3.05) is 11.1 Å². The number of benzene rings is 1. The minimum atomic E-state index is -0.618. The van der Waals surface area contributed by atoms with Gasteiger partial charge in [0.05, 0.1) is 11.2 Å². The predicted octanol–water partition coefficient (Wildman–Crippen LogP) is 5.02. The quantitative estimate of drug-likeness (QED) is 0.254. The molecule has 0 atom stereocenters. The Bertz CT molecular complexity index is 1600. The number of nitrogens with one attached hydrogen (secondary N) is 2. The number of pyridine rings is 1. The number of H-pyrrole nitrogens is 1. The number of hydrogen-bond donors (Lipinski definition) is 3. The van der Waals surface area contributed by atoms with Crippen LogP contribution in [0.2, 0.25) is 0 Å². The molecule has 0 aliphatic heterocycles. The van der Waals surface area contributed by atoms with Crippen molar-refractivity contribution in [1.29, 1.82) is 0 Å². The molecular formula is C25H26N8O3S. The number of amides is 1. The van der Waals surface area contributed by atoms with Gasteiger partial charge in [-0.25, -0.2) is 14.8 Å². The molecule has 0 aliphatic carbocycles. The SMILES string of the molecule is CC(C)(C)OC(=O)Nc1nc(C(=O)CCCn2cc3c(n2)c(N)nc2cc(-c4ccn[nH]4)ccc23)cs1. The number of ether oxygens (including phenoxy) is 1. The van der Waals surface area contributed by atoms with Gasteiger partial charge in [-0.1, -0.05) is 12.1 Å². The first-order valence-electron chi connectivity index (χ1n) is 11.7. The van der Waals surface area contributed by atoms with Crippen LogP contribution < -0.4 is 11.1 Å². The zero-order valence-electron chi connectivity index (χ0n) is 20.6. The van der Waals surface area contributed by atoms with Crippen molar-refractivity contribution in [2.24, 2.45) is 0 Å². The molecule has 0 saturated carbocycles. The summed E-state index contributed by atoms with van der Waals surface area (Å²) < 4.78 is 7.00. The molecule has 5 aromatic rings. The van der Waals surface area contributed by atoms with Crippen LogP contribution in [0.4, 0.5) is 15.7 Å². The summed E-state index contributed by atoms with van der Waals surface area (Å²) in [5, 5.41) is 17.9. The highest BCUT2D eigenvalue weighted by atomic mass is 32.1. The average molecular weight is 519 g/mol. The number of nitrogen functional groups attached to an aromatic ring is 1. The number of thiazole rings is 1. The molecular weight excluding hydrogens is 492 g/mol. The van der Waals surface area contributed by atoms with E-state index in [1.54, 1.807) is 37.0 Å². The van der Waals surface area contributed by atoms with Crippen LogP contribution in [0.3, 0.4) is 0 Å². The molecule has 37 heavy (non-hydrogen) atoms. The molecule has 190 valence electrons. The predicted molar refractivity (Wildman–Crippen MR) is 143 cm³/mol. The number of carbonyl (C=O) groups is 2. The summed E-state index contributed by atoms with van der Waals surface area (Å²) in [4.78, 5) is 33.3. The topological polar surface area (TPSA) is 154 Å². The summed E-state index contributed by atoms with van der Waals surface area (Å²) in [6.45, 7) is 5.86. The lowest BCUT2D eigenvalue weighted by atomic mass is 10.1. The standard InChI is InChI=1S/C25H26N8O3S/c1-25(2,3)36-24(35)30-23-29-19(13-37-23)20(34)5-4-10-33-12-16-15-7-6-14(17-8-9-27-31-17)11-18(15)28-22(26)21(16)32-33/h6-9,11-13H,4-5,10H2,1-3H3,(H2,26,28)(H,27,31)(H,29,30,35). The Morgan fingerprint density at radius 2 is 2.03 bits per heavy atom. The Labute approximate surface area is 216 Å². The number of Topliss-reactive ketones (excluding diaryl/α,β-unsaturated/α-hetero) is 1. The van der Waals surface area contributed by atoms with Crippen molar-refractivity contribution in [3.8, 4) is 11.3 Å². The molecule has 1 aromatic carbocycles. The van der Waals surface area contributed by atoms with Crippen LogP contribution in [0.15, 0.2) is 42.0 Å². The monoisotopic (exact) mass is 518 g/mol. The normalized spacial score (nSPS) is 11.8. The first kappa shape index (κ1) is 24.4. The molecule has 5 rings (SSSR count). The highest BCUT2D eigenvalue weighted by molar-refractivity contribution is 7.14. The Kier molecular flexibility index (Phi) is 6.34. The molecule has 1 amide bonds. The second kappa shape index (κ2) is 9.62. The van der Waals surface area contributed by atoms with Gasteiger partial charge in [-0.2, -0.15) is 10.2 Å². The van der Waals surface area contributed by atoms with Crippen LogP contribution >= 0.6 is 11.3 Å². The minimum absolute atomic E-state index is 0.108. The van der Waals surface area contributed by atoms with E-state index >= 15 is 0 Å². The number of aromatic amines is 1. The number of ketones is 1. The fourth-order valence-electron chi connectivity index (χ4n) is 3.92. The van der Waals surface area contributed by atoms with E-state index in [9.17, 15) is 9.59 Å². The number of aromatic nitrogens is 6. The molecule has 4 aromatic heterocycles. The largest absolute Gasteiger partial charge is 0.444 e. The van der Waals surface area contributed by atoms with Gasteiger partial charge in [-0.3, -0.25) is 19.9 Å². The summed E-state index contributed by atoms with van der Waals surface area (Å²) >= 11 is 1.18. The smallest absolute Gasteiger partial charge is 0.413 e. The zero-order chi connectivity index (χ0) is 26.2. The third-order valence-electron chi connectivity index (χ3n) is 5.53. The Morgan fingerprint density at radius 1 is 1.19 bits per heavy atom. The van der Waals surface area contributed by atoms with Crippen LogP contribution in [-0.4, -0.2) is 47.4 Å². The van der Waals surface area contributed by atoms with Crippen LogP contribution in [0.25, 0.3) is 33.1 Å². The summed E-state index contributed by atoms with van der Waals surface area (Å²) in [5.74, 6) is 0.245. The number of anilines is 2. The first-order valence-corrected chi connectivity index (χ1v) is 12.6.